The van der Waals surface area contributed by atoms with E-state index in [4.69, 9.17) is 14.6 Å². The fraction of sp³-hybridized carbons (Fsp3) is 0.214. The Morgan fingerprint density at radius 1 is 1.30 bits per heavy atom. The molecule has 122 valence electrons. The summed E-state index contributed by atoms with van der Waals surface area (Å²) < 4.78 is 9.74. The first-order chi connectivity index (χ1) is 11.1. The number of nitrogens with one attached hydrogen (secondary N) is 1. The van der Waals surface area contributed by atoms with Gasteiger partial charge in [-0.05, 0) is 36.2 Å². The number of hydrogen-bond donors (Lipinski definition) is 2. The fourth-order valence-corrected chi connectivity index (χ4v) is 2.54. The number of carbonyl (C=O) groups excluding carboxylic acids is 2. The van der Waals surface area contributed by atoms with Gasteiger partial charge in [-0.15, -0.1) is 11.3 Å². The van der Waals surface area contributed by atoms with Crippen LogP contribution in [0.15, 0.2) is 34.5 Å². The number of hydrogen-bond acceptors (Lipinski definition) is 8. The van der Waals surface area contributed by atoms with Gasteiger partial charge in [-0.25, -0.2) is 9.78 Å². The summed E-state index contributed by atoms with van der Waals surface area (Å²) in [6, 6.07) is 6.83. The molecule has 1 amide bonds. The van der Waals surface area contributed by atoms with Crippen molar-refractivity contribution in [3.63, 3.8) is 0 Å². The van der Waals surface area contributed by atoms with Crippen molar-refractivity contribution in [2.75, 3.05) is 25.6 Å². The minimum absolute atomic E-state index is 0.149. The molecule has 2 aromatic rings. The van der Waals surface area contributed by atoms with Gasteiger partial charge in [-0.3, -0.25) is 15.3 Å². The van der Waals surface area contributed by atoms with Gasteiger partial charge in [0.2, 0.25) is 0 Å². The highest BCUT2D eigenvalue weighted by atomic mass is 32.2. The van der Waals surface area contributed by atoms with E-state index in [1.54, 1.807) is 24.3 Å². The molecular weight excluding hydrogens is 338 g/mol. The predicted octanol–water partition coefficient (Wildman–Crippen LogP) is 2.16. The largest absolute Gasteiger partial charge is 0.458 e. The Morgan fingerprint density at radius 2 is 2.04 bits per heavy atom. The van der Waals surface area contributed by atoms with Crippen molar-refractivity contribution in [2.24, 2.45) is 5.14 Å². The van der Waals surface area contributed by atoms with E-state index >= 15 is 0 Å². The van der Waals surface area contributed by atoms with Crippen molar-refractivity contribution in [1.82, 2.24) is 4.98 Å². The van der Waals surface area contributed by atoms with Gasteiger partial charge < -0.3 is 9.47 Å². The second-order valence-electron chi connectivity index (χ2n) is 4.26. The summed E-state index contributed by atoms with van der Waals surface area (Å²) in [7, 11) is 1.52. The summed E-state index contributed by atoms with van der Waals surface area (Å²) in [5.41, 5.74) is 0.624. The standard InChI is InChI=1S/C14H15N3O4S2/c1-20-6-7-21-13(19)11-8-22-14(16-11)17-12(18)9-2-4-10(23-15)5-3-9/h2-5,8H,6-7,15H2,1H3,(H,16,17,18). The molecule has 9 heteroatoms. The van der Waals surface area contributed by atoms with Crippen LogP contribution in [-0.4, -0.2) is 37.2 Å². The summed E-state index contributed by atoms with van der Waals surface area (Å²) in [4.78, 5) is 28.7. The number of nitrogens with zero attached hydrogens (tertiary/aromatic N) is 1. The predicted molar refractivity (Wildman–Crippen MR) is 88.7 cm³/mol. The Kier molecular flexibility index (Phi) is 6.53. The Hall–Kier alpha value is -1.94. The number of anilines is 1. The highest BCUT2D eigenvalue weighted by Crippen LogP contribution is 2.18. The van der Waals surface area contributed by atoms with Crippen molar-refractivity contribution in [1.29, 1.82) is 0 Å². The molecule has 1 heterocycles. The summed E-state index contributed by atoms with van der Waals surface area (Å²) in [5, 5.41) is 9.92. The number of methoxy groups -OCH3 is 1. The van der Waals surface area contributed by atoms with Crippen LogP contribution in [0, 0.1) is 0 Å². The van der Waals surface area contributed by atoms with Gasteiger partial charge in [0.15, 0.2) is 10.8 Å². The van der Waals surface area contributed by atoms with Crippen LogP contribution < -0.4 is 10.5 Å². The molecule has 0 aliphatic rings. The van der Waals surface area contributed by atoms with Crippen LogP contribution in [0.4, 0.5) is 5.13 Å². The highest BCUT2D eigenvalue weighted by molar-refractivity contribution is 7.97. The van der Waals surface area contributed by atoms with Gasteiger partial charge in [0.05, 0.1) is 6.61 Å². The highest BCUT2D eigenvalue weighted by Gasteiger charge is 2.14. The second kappa shape index (κ2) is 8.63. The number of rotatable bonds is 7. The van der Waals surface area contributed by atoms with E-state index in [9.17, 15) is 9.59 Å². The molecule has 1 aromatic carbocycles. The van der Waals surface area contributed by atoms with Crippen molar-refractivity contribution in [2.45, 2.75) is 4.90 Å². The number of esters is 1. The van der Waals surface area contributed by atoms with Gasteiger partial charge in [0.1, 0.15) is 6.61 Å². The SMILES string of the molecule is COCCOC(=O)c1csc(NC(=O)c2ccc(SN)cc2)n1. The number of thiazole rings is 1. The zero-order valence-electron chi connectivity index (χ0n) is 12.3. The number of ether oxygens (including phenoxy) is 2. The first-order valence-electron chi connectivity index (χ1n) is 6.53. The van der Waals surface area contributed by atoms with Crippen molar-refractivity contribution in [3.8, 4) is 0 Å². The van der Waals surface area contributed by atoms with E-state index in [0.29, 0.717) is 17.3 Å². The summed E-state index contributed by atoms with van der Waals surface area (Å²) >= 11 is 2.25. The van der Waals surface area contributed by atoms with E-state index in [0.717, 1.165) is 28.2 Å². The summed E-state index contributed by atoms with van der Waals surface area (Å²) in [6.45, 7) is 0.469. The number of aromatic nitrogens is 1. The molecule has 0 unspecified atom stereocenters. The van der Waals surface area contributed by atoms with Gasteiger partial charge >= 0.3 is 5.97 Å². The zero-order valence-corrected chi connectivity index (χ0v) is 13.9. The molecule has 0 aliphatic carbocycles. The fourth-order valence-electron chi connectivity index (χ4n) is 1.57. The van der Waals surface area contributed by atoms with Crippen LogP contribution in [-0.2, 0) is 9.47 Å². The normalized spacial score (nSPS) is 10.3. The van der Waals surface area contributed by atoms with Crippen molar-refractivity contribution in [3.05, 3.63) is 40.9 Å². The zero-order chi connectivity index (χ0) is 16.7. The van der Waals surface area contributed by atoms with E-state index in [1.165, 1.54) is 12.5 Å². The summed E-state index contributed by atoms with van der Waals surface area (Å²) in [5.74, 6) is -0.865. The summed E-state index contributed by atoms with van der Waals surface area (Å²) in [6.07, 6.45) is 0. The lowest BCUT2D eigenvalue weighted by molar-refractivity contribution is 0.0382. The van der Waals surface area contributed by atoms with Crippen LogP contribution >= 0.6 is 23.3 Å². The molecule has 0 spiro atoms. The molecule has 3 N–H and O–H groups in total. The third-order valence-electron chi connectivity index (χ3n) is 2.71. The molecular formula is C14H15N3O4S2. The molecule has 0 aliphatic heterocycles. The molecule has 0 saturated carbocycles. The van der Waals surface area contributed by atoms with Crippen LogP contribution in [0.5, 0.6) is 0 Å². The van der Waals surface area contributed by atoms with E-state index < -0.39 is 5.97 Å². The van der Waals surface area contributed by atoms with E-state index in [2.05, 4.69) is 10.3 Å². The second-order valence-corrected chi connectivity index (χ2v) is 5.83. The smallest absolute Gasteiger partial charge is 0.357 e. The Labute approximate surface area is 141 Å². The lowest BCUT2D eigenvalue weighted by Crippen LogP contribution is -2.13. The van der Waals surface area contributed by atoms with E-state index in [1.807, 2.05) is 0 Å². The maximum atomic E-state index is 12.1. The molecule has 0 saturated heterocycles. The third-order valence-corrected chi connectivity index (χ3v) is 4.01. The molecule has 2 rings (SSSR count). The first kappa shape index (κ1) is 17.4. The topological polar surface area (TPSA) is 104 Å². The third kappa shape index (κ3) is 5.03. The Morgan fingerprint density at radius 3 is 2.70 bits per heavy atom. The molecule has 0 atom stereocenters. The minimum atomic E-state index is -0.553. The van der Waals surface area contributed by atoms with Gasteiger partial charge in [-0.2, -0.15) is 0 Å². The lowest BCUT2D eigenvalue weighted by Gasteiger charge is -2.03. The lowest BCUT2D eigenvalue weighted by atomic mass is 10.2. The molecule has 23 heavy (non-hydrogen) atoms. The minimum Gasteiger partial charge on any atom is -0.458 e. The maximum Gasteiger partial charge on any atom is 0.357 e. The van der Waals surface area contributed by atoms with Gasteiger partial charge in [0, 0.05) is 22.9 Å². The molecule has 0 radical (unpaired) electrons. The van der Waals surface area contributed by atoms with Crippen LogP contribution in [0.25, 0.3) is 0 Å². The van der Waals surface area contributed by atoms with Crippen LogP contribution in [0.2, 0.25) is 0 Å². The van der Waals surface area contributed by atoms with Gasteiger partial charge in [0.25, 0.3) is 5.91 Å². The number of carbonyl (C=O) groups is 2. The molecule has 1 aromatic heterocycles. The monoisotopic (exact) mass is 353 g/mol. The Balaban J connectivity index is 1.95. The first-order valence-corrected chi connectivity index (χ1v) is 8.29. The maximum absolute atomic E-state index is 12.1. The van der Waals surface area contributed by atoms with Crippen LogP contribution in [0.1, 0.15) is 20.8 Å². The average Bonchev–Trinajstić information content (AvgIpc) is 3.03. The Bertz CT molecular complexity index is 673. The number of amides is 1. The quantitative estimate of drug-likeness (QED) is 0.446. The van der Waals surface area contributed by atoms with Crippen molar-refractivity contribution >= 4 is 40.3 Å². The van der Waals surface area contributed by atoms with Crippen molar-refractivity contribution < 1.29 is 19.1 Å². The van der Waals surface area contributed by atoms with Crippen LogP contribution in [0.3, 0.4) is 0 Å². The molecule has 7 nitrogen and oxygen atoms in total. The van der Waals surface area contributed by atoms with E-state index in [-0.39, 0.29) is 18.2 Å². The average molecular weight is 353 g/mol. The molecule has 0 bridgehead atoms. The number of benzene rings is 1. The van der Waals surface area contributed by atoms with Gasteiger partial charge in [-0.1, -0.05) is 0 Å². The molecule has 0 fully saturated rings. The number of nitrogens with two attached hydrogens (primary N) is 1.